The van der Waals surface area contributed by atoms with Crippen LogP contribution in [-0.2, 0) is 4.79 Å². The van der Waals surface area contributed by atoms with Gasteiger partial charge in [-0.2, -0.15) is 0 Å². The number of amides is 2. The van der Waals surface area contributed by atoms with Gasteiger partial charge in [0.25, 0.3) is 0 Å². The van der Waals surface area contributed by atoms with Crippen molar-refractivity contribution in [1.29, 1.82) is 0 Å². The highest BCUT2D eigenvalue weighted by Gasteiger charge is 2.22. The van der Waals surface area contributed by atoms with Crippen LogP contribution >= 0.6 is 0 Å². The molecule has 0 bridgehead atoms. The molecule has 1 atom stereocenters. The molecule has 2 amide bonds. The summed E-state index contributed by atoms with van der Waals surface area (Å²) >= 11 is 0. The molecule has 1 aliphatic rings. The zero-order chi connectivity index (χ0) is 15.9. The van der Waals surface area contributed by atoms with E-state index in [1.807, 2.05) is 13.8 Å². The van der Waals surface area contributed by atoms with Crippen molar-refractivity contribution in [1.82, 2.24) is 15.5 Å². The Morgan fingerprint density at radius 3 is 2.43 bits per heavy atom. The van der Waals surface area contributed by atoms with E-state index in [2.05, 4.69) is 22.5 Å². The second kappa shape index (κ2) is 8.22. The first-order chi connectivity index (χ1) is 9.80. The van der Waals surface area contributed by atoms with Crippen molar-refractivity contribution in [2.24, 2.45) is 0 Å². The fourth-order valence-corrected chi connectivity index (χ4v) is 2.56. The molecular weight excluding hydrogens is 270 g/mol. The van der Waals surface area contributed by atoms with Crippen LogP contribution in [0.3, 0.4) is 0 Å². The molecule has 21 heavy (non-hydrogen) atoms. The van der Waals surface area contributed by atoms with Gasteiger partial charge >= 0.3 is 12.0 Å². The van der Waals surface area contributed by atoms with Gasteiger partial charge in [0.2, 0.25) is 0 Å². The van der Waals surface area contributed by atoms with E-state index in [-0.39, 0.29) is 12.5 Å². The van der Waals surface area contributed by atoms with Crippen LogP contribution in [0, 0.1) is 0 Å². The lowest BCUT2D eigenvalue weighted by atomic mass is 9.99. The number of hydrogen-bond acceptors (Lipinski definition) is 3. The van der Waals surface area contributed by atoms with Crippen LogP contribution in [0.2, 0.25) is 0 Å². The smallest absolute Gasteiger partial charge is 0.315 e. The fourth-order valence-electron chi connectivity index (χ4n) is 2.56. The van der Waals surface area contributed by atoms with E-state index in [1.165, 1.54) is 19.3 Å². The number of carbonyl (C=O) groups is 2. The van der Waals surface area contributed by atoms with E-state index < -0.39 is 11.5 Å². The predicted molar refractivity (Wildman–Crippen MR) is 82.4 cm³/mol. The summed E-state index contributed by atoms with van der Waals surface area (Å²) in [5.41, 5.74) is -0.517. The van der Waals surface area contributed by atoms with E-state index in [0.717, 1.165) is 13.1 Å². The van der Waals surface area contributed by atoms with Crippen LogP contribution in [0.4, 0.5) is 4.79 Å². The molecule has 1 fully saturated rings. The maximum Gasteiger partial charge on any atom is 0.315 e. The van der Waals surface area contributed by atoms with Gasteiger partial charge in [0, 0.05) is 24.5 Å². The number of nitrogens with one attached hydrogen (secondary N) is 2. The molecular formula is C15H29N3O3. The third-order valence-corrected chi connectivity index (χ3v) is 3.99. The average Bonchev–Trinajstić information content (AvgIpc) is 2.43. The van der Waals surface area contributed by atoms with Crippen molar-refractivity contribution in [3.8, 4) is 0 Å². The Morgan fingerprint density at radius 2 is 1.86 bits per heavy atom. The lowest BCUT2D eigenvalue weighted by Gasteiger charge is -2.33. The van der Waals surface area contributed by atoms with Crippen molar-refractivity contribution in [3.05, 3.63) is 0 Å². The van der Waals surface area contributed by atoms with Gasteiger partial charge in [-0.05, 0) is 53.1 Å². The molecule has 0 aromatic rings. The lowest BCUT2D eigenvalue weighted by molar-refractivity contribution is -0.137. The van der Waals surface area contributed by atoms with Crippen molar-refractivity contribution in [2.75, 3.05) is 19.6 Å². The number of hydrogen-bond donors (Lipinski definition) is 3. The predicted octanol–water partition coefficient (Wildman–Crippen LogP) is 1.80. The molecule has 122 valence electrons. The van der Waals surface area contributed by atoms with Gasteiger partial charge < -0.3 is 15.7 Å². The summed E-state index contributed by atoms with van der Waals surface area (Å²) in [6, 6.07) is 0.104. The molecule has 1 aliphatic heterocycles. The van der Waals surface area contributed by atoms with Crippen molar-refractivity contribution >= 4 is 12.0 Å². The Hall–Kier alpha value is -1.30. The number of piperidine rings is 1. The van der Waals surface area contributed by atoms with E-state index >= 15 is 0 Å². The maximum atomic E-state index is 11.9. The minimum absolute atomic E-state index is 0.0530. The SMILES string of the molecule is CC(CNC(=O)NC(C)(C)CCC(=O)O)N1CCCCC1. The number of urea groups is 1. The van der Waals surface area contributed by atoms with Gasteiger partial charge in [0.15, 0.2) is 0 Å². The molecule has 0 radical (unpaired) electrons. The molecule has 3 N–H and O–H groups in total. The van der Waals surface area contributed by atoms with Gasteiger partial charge in [0.1, 0.15) is 0 Å². The number of rotatable bonds is 7. The Morgan fingerprint density at radius 1 is 1.24 bits per heavy atom. The molecule has 0 aromatic heterocycles. The van der Waals surface area contributed by atoms with Crippen LogP contribution < -0.4 is 10.6 Å². The number of nitrogens with zero attached hydrogens (tertiary/aromatic N) is 1. The Bertz CT molecular complexity index is 352. The van der Waals surface area contributed by atoms with E-state index in [1.54, 1.807) is 0 Å². The summed E-state index contributed by atoms with van der Waals surface area (Å²) in [5.74, 6) is -0.844. The van der Waals surface area contributed by atoms with Gasteiger partial charge in [0.05, 0.1) is 0 Å². The maximum absolute atomic E-state index is 11.9. The number of likely N-dealkylation sites (tertiary alicyclic amines) is 1. The van der Waals surface area contributed by atoms with Gasteiger partial charge in [-0.25, -0.2) is 4.79 Å². The number of carboxylic acid groups (broad SMARTS) is 1. The third kappa shape index (κ3) is 7.32. The first-order valence-electron chi connectivity index (χ1n) is 7.82. The highest BCUT2D eigenvalue weighted by atomic mass is 16.4. The molecule has 1 unspecified atom stereocenters. The summed E-state index contributed by atoms with van der Waals surface area (Å²) in [4.78, 5) is 24.9. The zero-order valence-electron chi connectivity index (χ0n) is 13.4. The second-order valence-electron chi connectivity index (χ2n) is 6.56. The summed E-state index contributed by atoms with van der Waals surface area (Å²) < 4.78 is 0. The number of aliphatic carboxylic acids is 1. The second-order valence-corrected chi connectivity index (χ2v) is 6.56. The van der Waals surface area contributed by atoms with Crippen molar-refractivity contribution in [2.45, 2.75) is 64.5 Å². The lowest BCUT2D eigenvalue weighted by Crippen LogP contribution is -2.51. The van der Waals surface area contributed by atoms with Crippen LogP contribution in [0.15, 0.2) is 0 Å². The van der Waals surface area contributed by atoms with E-state index in [9.17, 15) is 9.59 Å². The Labute approximate surface area is 127 Å². The average molecular weight is 299 g/mol. The molecule has 0 aliphatic carbocycles. The Kier molecular flexibility index (Phi) is 6.95. The third-order valence-electron chi connectivity index (χ3n) is 3.99. The molecule has 1 saturated heterocycles. The minimum atomic E-state index is -0.844. The summed E-state index contributed by atoms with van der Waals surface area (Å²) in [7, 11) is 0. The highest BCUT2D eigenvalue weighted by molar-refractivity contribution is 5.75. The first kappa shape index (κ1) is 17.8. The van der Waals surface area contributed by atoms with Gasteiger partial charge in [-0.3, -0.25) is 9.69 Å². The standard InChI is InChI=1S/C15H29N3O3/c1-12(18-9-5-4-6-10-18)11-16-14(21)17-15(2,3)8-7-13(19)20/h12H,4-11H2,1-3H3,(H,19,20)(H2,16,17,21). The molecule has 6 nitrogen and oxygen atoms in total. The van der Waals surface area contributed by atoms with E-state index in [4.69, 9.17) is 5.11 Å². The van der Waals surface area contributed by atoms with Gasteiger partial charge in [-0.15, -0.1) is 0 Å². The summed E-state index contributed by atoms with van der Waals surface area (Å²) in [5, 5.41) is 14.4. The van der Waals surface area contributed by atoms with Crippen LogP contribution in [0.25, 0.3) is 0 Å². The zero-order valence-corrected chi connectivity index (χ0v) is 13.4. The number of carboxylic acids is 1. The quantitative estimate of drug-likeness (QED) is 0.669. The molecule has 0 saturated carbocycles. The molecule has 6 heteroatoms. The van der Waals surface area contributed by atoms with Crippen LogP contribution in [0.1, 0.15) is 52.9 Å². The normalized spacial score (nSPS) is 18.0. The van der Waals surface area contributed by atoms with Crippen molar-refractivity contribution < 1.29 is 14.7 Å². The van der Waals surface area contributed by atoms with Crippen molar-refractivity contribution in [3.63, 3.8) is 0 Å². The van der Waals surface area contributed by atoms with E-state index in [0.29, 0.717) is 19.0 Å². The summed E-state index contributed by atoms with van der Waals surface area (Å²) in [6.45, 7) is 8.62. The highest BCUT2D eigenvalue weighted by Crippen LogP contribution is 2.12. The topological polar surface area (TPSA) is 81.7 Å². The molecule has 1 rings (SSSR count). The Balaban J connectivity index is 2.27. The fraction of sp³-hybridized carbons (Fsp3) is 0.867. The minimum Gasteiger partial charge on any atom is -0.481 e. The monoisotopic (exact) mass is 299 g/mol. The largest absolute Gasteiger partial charge is 0.481 e. The van der Waals surface area contributed by atoms with Crippen LogP contribution in [0.5, 0.6) is 0 Å². The van der Waals surface area contributed by atoms with Gasteiger partial charge in [-0.1, -0.05) is 6.42 Å². The molecule has 0 aromatic carbocycles. The first-order valence-corrected chi connectivity index (χ1v) is 7.82. The number of carbonyl (C=O) groups excluding carboxylic acids is 1. The summed E-state index contributed by atoms with van der Waals surface area (Å²) in [6.07, 6.45) is 4.24. The van der Waals surface area contributed by atoms with Crippen LogP contribution in [-0.4, -0.2) is 53.2 Å². The molecule has 0 spiro atoms. The molecule has 1 heterocycles.